The zero-order valence-corrected chi connectivity index (χ0v) is 16.2. The predicted molar refractivity (Wildman–Crippen MR) is 114 cm³/mol. The molecule has 5 rings (SSSR count). The second kappa shape index (κ2) is 7.51. The van der Waals surface area contributed by atoms with Crippen LogP contribution >= 0.6 is 0 Å². The highest BCUT2D eigenvalue weighted by atomic mass is 19.1. The summed E-state index contributed by atoms with van der Waals surface area (Å²) in [7, 11) is 0. The van der Waals surface area contributed by atoms with Crippen LogP contribution in [0, 0.1) is 5.82 Å². The molecule has 0 amide bonds. The van der Waals surface area contributed by atoms with Gasteiger partial charge >= 0.3 is 0 Å². The zero-order chi connectivity index (χ0) is 18.9. The van der Waals surface area contributed by atoms with Crippen molar-refractivity contribution in [3.05, 3.63) is 54.0 Å². The molecule has 3 aromatic rings. The molecule has 2 aromatic carbocycles. The third kappa shape index (κ3) is 3.49. The van der Waals surface area contributed by atoms with E-state index >= 15 is 0 Å². The first-order chi connectivity index (χ1) is 13.8. The molecule has 144 valence electrons. The first kappa shape index (κ1) is 17.6. The van der Waals surface area contributed by atoms with Crippen LogP contribution in [0.25, 0.3) is 22.0 Å². The Labute approximate surface area is 165 Å². The van der Waals surface area contributed by atoms with Crippen molar-refractivity contribution in [2.24, 2.45) is 4.99 Å². The molecule has 0 radical (unpaired) electrons. The molecular formula is C24H26FN3. The number of hydrogen-bond acceptors (Lipinski definition) is 2. The Bertz CT molecular complexity index is 1030. The van der Waals surface area contributed by atoms with Gasteiger partial charge in [0.2, 0.25) is 0 Å². The summed E-state index contributed by atoms with van der Waals surface area (Å²) in [6.07, 6.45) is 9.45. The number of likely N-dealkylation sites (tertiary alicyclic amines) is 1. The number of aryl methyl sites for hydroxylation is 1. The quantitative estimate of drug-likeness (QED) is 0.610. The molecule has 2 aliphatic rings. The summed E-state index contributed by atoms with van der Waals surface area (Å²) < 4.78 is 13.5. The van der Waals surface area contributed by atoms with Crippen LogP contribution in [0.3, 0.4) is 0 Å². The molecule has 2 aliphatic heterocycles. The number of halogens is 1. The van der Waals surface area contributed by atoms with E-state index in [9.17, 15) is 4.39 Å². The Hall–Kier alpha value is -2.46. The number of nitrogens with one attached hydrogen (secondary N) is 1. The van der Waals surface area contributed by atoms with Crippen molar-refractivity contribution < 1.29 is 4.39 Å². The third-order valence-corrected chi connectivity index (χ3v) is 6.10. The van der Waals surface area contributed by atoms with E-state index in [1.54, 1.807) is 6.07 Å². The van der Waals surface area contributed by atoms with Gasteiger partial charge in [0.1, 0.15) is 5.82 Å². The smallest absolute Gasteiger partial charge is 0.125 e. The van der Waals surface area contributed by atoms with Crippen LogP contribution in [0.4, 0.5) is 10.1 Å². The molecule has 1 aromatic heterocycles. The van der Waals surface area contributed by atoms with Gasteiger partial charge < -0.3 is 4.98 Å². The highest BCUT2D eigenvalue weighted by Gasteiger charge is 2.17. The van der Waals surface area contributed by atoms with Crippen LogP contribution < -0.4 is 0 Å². The minimum absolute atomic E-state index is 0.211. The van der Waals surface area contributed by atoms with Crippen molar-refractivity contribution in [3.63, 3.8) is 0 Å². The topological polar surface area (TPSA) is 31.4 Å². The summed E-state index contributed by atoms with van der Waals surface area (Å²) in [5.74, 6) is -0.211. The van der Waals surface area contributed by atoms with E-state index in [0.29, 0.717) is 0 Å². The lowest BCUT2D eigenvalue weighted by molar-refractivity contribution is 0.323. The van der Waals surface area contributed by atoms with E-state index in [2.05, 4.69) is 28.1 Å². The number of rotatable bonds is 3. The minimum Gasteiger partial charge on any atom is -0.360 e. The maximum absolute atomic E-state index is 13.5. The average Bonchev–Trinajstić information content (AvgIpc) is 2.95. The lowest BCUT2D eigenvalue weighted by Gasteiger charge is -2.23. The van der Waals surface area contributed by atoms with Gasteiger partial charge in [-0.3, -0.25) is 9.89 Å². The predicted octanol–water partition coefficient (Wildman–Crippen LogP) is 5.87. The molecule has 1 N–H and O–H groups in total. The highest BCUT2D eigenvalue weighted by molar-refractivity contribution is 5.96. The van der Waals surface area contributed by atoms with Crippen molar-refractivity contribution in [2.45, 2.75) is 38.5 Å². The molecule has 0 saturated carbocycles. The van der Waals surface area contributed by atoms with Crippen LogP contribution in [0.5, 0.6) is 0 Å². The molecule has 1 fully saturated rings. The van der Waals surface area contributed by atoms with Crippen LogP contribution in [0.2, 0.25) is 0 Å². The van der Waals surface area contributed by atoms with Crippen molar-refractivity contribution in [2.75, 3.05) is 19.6 Å². The van der Waals surface area contributed by atoms with Gasteiger partial charge in [0, 0.05) is 34.9 Å². The molecule has 0 spiro atoms. The summed E-state index contributed by atoms with van der Waals surface area (Å²) in [6, 6.07) is 11.5. The van der Waals surface area contributed by atoms with Crippen molar-refractivity contribution >= 4 is 22.3 Å². The lowest BCUT2D eigenvalue weighted by atomic mass is 9.96. The highest BCUT2D eigenvalue weighted by Crippen LogP contribution is 2.34. The van der Waals surface area contributed by atoms with Crippen LogP contribution in [0.15, 0.2) is 47.6 Å². The molecule has 1 saturated heterocycles. The molecule has 0 aliphatic carbocycles. The van der Waals surface area contributed by atoms with Crippen LogP contribution in [-0.2, 0) is 6.42 Å². The van der Waals surface area contributed by atoms with Crippen molar-refractivity contribution in [1.82, 2.24) is 9.88 Å². The molecule has 4 heteroatoms. The van der Waals surface area contributed by atoms with E-state index in [1.165, 1.54) is 61.7 Å². The summed E-state index contributed by atoms with van der Waals surface area (Å²) >= 11 is 0. The average molecular weight is 375 g/mol. The maximum Gasteiger partial charge on any atom is 0.125 e. The number of hydrogen-bond donors (Lipinski definition) is 1. The van der Waals surface area contributed by atoms with E-state index in [-0.39, 0.29) is 5.82 Å². The summed E-state index contributed by atoms with van der Waals surface area (Å²) in [5.41, 5.74) is 6.88. The summed E-state index contributed by atoms with van der Waals surface area (Å²) in [5, 5.41) is 1.06. The van der Waals surface area contributed by atoms with Crippen molar-refractivity contribution in [1.29, 1.82) is 0 Å². The molecular weight excluding hydrogens is 349 g/mol. The van der Waals surface area contributed by atoms with Crippen LogP contribution in [-0.4, -0.2) is 35.2 Å². The molecule has 3 heterocycles. The normalized spacial score (nSPS) is 18.0. The van der Waals surface area contributed by atoms with Gasteiger partial charge in [0.25, 0.3) is 0 Å². The first-order valence-corrected chi connectivity index (χ1v) is 10.4. The lowest BCUT2D eigenvalue weighted by Crippen LogP contribution is -2.31. The number of aromatic nitrogens is 1. The van der Waals surface area contributed by atoms with Gasteiger partial charge in [-0.25, -0.2) is 4.39 Å². The summed E-state index contributed by atoms with van der Waals surface area (Å²) in [6.45, 7) is 3.45. The SMILES string of the molecule is Fc1ccc2c(-c3ccc4c(c3)CCC(CN3CCCCCC3)=N4)c[nH]c2c1. The van der Waals surface area contributed by atoms with E-state index < -0.39 is 0 Å². The fourth-order valence-corrected chi connectivity index (χ4v) is 4.57. The number of nitrogens with zero attached hydrogens (tertiary/aromatic N) is 2. The molecule has 28 heavy (non-hydrogen) atoms. The summed E-state index contributed by atoms with van der Waals surface area (Å²) in [4.78, 5) is 10.8. The molecule has 0 unspecified atom stereocenters. The fraction of sp³-hybridized carbons (Fsp3) is 0.375. The number of H-pyrrole nitrogens is 1. The Morgan fingerprint density at radius 1 is 0.964 bits per heavy atom. The zero-order valence-electron chi connectivity index (χ0n) is 16.2. The van der Waals surface area contributed by atoms with Gasteiger partial charge in [-0.2, -0.15) is 0 Å². The van der Waals surface area contributed by atoms with Gasteiger partial charge in [0.05, 0.1) is 5.69 Å². The maximum atomic E-state index is 13.5. The molecule has 0 atom stereocenters. The number of aromatic amines is 1. The van der Waals surface area contributed by atoms with Gasteiger partial charge in [-0.1, -0.05) is 18.9 Å². The van der Waals surface area contributed by atoms with E-state index in [0.717, 1.165) is 41.5 Å². The van der Waals surface area contributed by atoms with Gasteiger partial charge in [-0.05, 0) is 80.2 Å². The second-order valence-electron chi connectivity index (χ2n) is 8.10. The number of benzene rings is 2. The van der Waals surface area contributed by atoms with Crippen molar-refractivity contribution in [3.8, 4) is 11.1 Å². The Morgan fingerprint density at radius 3 is 2.68 bits per heavy atom. The largest absolute Gasteiger partial charge is 0.360 e. The van der Waals surface area contributed by atoms with E-state index in [4.69, 9.17) is 4.99 Å². The van der Waals surface area contributed by atoms with Crippen LogP contribution in [0.1, 0.15) is 37.7 Å². The standard InChI is InChI=1S/C24H26FN3/c25-19-7-9-21-22(15-26-24(21)14-19)17-6-10-23-18(13-17)5-8-20(27-23)16-28-11-3-1-2-4-12-28/h6-7,9-10,13-15,26H,1-5,8,11-12,16H2. The Kier molecular flexibility index (Phi) is 4.73. The Morgan fingerprint density at radius 2 is 1.82 bits per heavy atom. The second-order valence-corrected chi connectivity index (χ2v) is 8.10. The monoisotopic (exact) mass is 375 g/mol. The van der Waals surface area contributed by atoms with Gasteiger partial charge in [0.15, 0.2) is 0 Å². The van der Waals surface area contributed by atoms with Gasteiger partial charge in [-0.15, -0.1) is 0 Å². The molecule has 3 nitrogen and oxygen atoms in total. The molecule has 0 bridgehead atoms. The van der Waals surface area contributed by atoms with E-state index in [1.807, 2.05) is 12.3 Å². The number of fused-ring (bicyclic) bond motifs is 2. The Balaban J connectivity index is 1.40. The fourth-order valence-electron chi connectivity index (χ4n) is 4.57. The first-order valence-electron chi connectivity index (χ1n) is 10.4. The minimum atomic E-state index is -0.211. The third-order valence-electron chi connectivity index (χ3n) is 6.10. The number of aliphatic imine (C=N–C) groups is 1.